The van der Waals surface area contributed by atoms with Crippen LogP contribution < -0.4 is 16.0 Å². The highest BCUT2D eigenvalue weighted by molar-refractivity contribution is 5.93. The fraction of sp³-hybridized carbons (Fsp3) is 0.500. The predicted octanol–water partition coefficient (Wildman–Crippen LogP) is 1.65. The largest absolute Gasteiger partial charge is 0.352 e. The Balaban J connectivity index is 1.76. The van der Waals surface area contributed by atoms with Crippen LogP contribution in [-0.4, -0.2) is 29.0 Å². The molecule has 0 aliphatic heterocycles. The van der Waals surface area contributed by atoms with Crippen LogP contribution in [0.5, 0.6) is 0 Å². The minimum atomic E-state index is -0.563. The number of hydrogen-bond acceptors (Lipinski definition) is 3. The summed E-state index contributed by atoms with van der Waals surface area (Å²) < 4.78 is 0. The summed E-state index contributed by atoms with van der Waals surface area (Å²) in [6, 6.07) is 2.74. The molecule has 1 saturated carbocycles. The van der Waals surface area contributed by atoms with Crippen LogP contribution in [0.1, 0.15) is 32.6 Å². The lowest BCUT2D eigenvalue weighted by atomic mass is 10.2. The quantitative estimate of drug-likeness (QED) is 0.782. The van der Waals surface area contributed by atoms with Crippen molar-refractivity contribution in [3.05, 3.63) is 24.5 Å². The Bertz CT molecular complexity index is 458. The van der Waals surface area contributed by atoms with Crippen LogP contribution >= 0.6 is 0 Å². The van der Waals surface area contributed by atoms with E-state index in [4.69, 9.17) is 0 Å². The lowest BCUT2D eigenvalue weighted by Crippen LogP contribution is -2.48. The molecule has 1 aromatic rings. The van der Waals surface area contributed by atoms with E-state index >= 15 is 0 Å². The number of pyridine rings is 1. The van der Waals surface area contributed by atoms with Gasteiger partial charge in [-0.05, 0) is 31.9 Å². The molecular weight excluding hydrogens is 256 g/mol. The number of rotatable bonds is 4. The van der Waals surface area contributed by atoms with Crippen LogP contribution in [0.3, 0.4) is 0 Å². The van der Waals surface area contributed by atoms with E-state index in [2.05, 4.69) is 20.9 Å². The standard InChI is InChI=1S/C14H20N4O2/c1-10(13(19)17-11-5-2-3-6-11)16-14(20)18-12-7-4-8-15-9-12/h4,7-11H,2-3,5-6H2,1H3,(H,17,19)(H2,16,18,20). The van der Waals surface area contributed by atoms with Crippen molar-refractivity contribution in [1.82, 2.24) is 15.6 Å². The molecule has 1 fully saturated rings. The average Bonchev–Trinajstić information content (AvgIpc) is 2.92. The number of urea groups is 1. The Hall–Kier alpha value is -2.11. The summed E-state index contributed by atoms with van der Waals surface area (Å²) in [5.41, 5.74) is 0.591. The molecule has 1 unspecified atom stereocenters. The minimum absolute atomic E-state index is 0.141. The third-order valence-electron chi connectivity index (χ3n) is 3.36. The summed E-state index contributed by atoms with van der Waals surface area (Å²) in [7, 11) is 0. The molecule has 6 heteroatoms. The van der Waals surface area contributed by atoms with Gasteiger partial charge in [-0.2, -0.15) is 0 Å². The van der Waals surface area contributed by atoms with E-state index in [0.29, 0.717) is 5.69 Å². The number of carbonyl (C=O) groups excluding carboxylic acids is 2. The highest BCUT2D eigenvalue weighted by Crippen LogP contribution is 2.17. The maximum atomic E-state index is 11.9. The van der Waals surface area contributed by atoms with Gasteiger partial charge < -0.3 is 16.0 Å². The topological polar surface area (TPSA) is 83.1 Å². The maximum Gasteiger partial charge on any atom is 0.319 e. The first kappa shape index (κ1) is 14.3. The number of nitrogens with zero attached hydrogens (tertiary/aromatic N) is 1. The lowest BCUT2D eigenvalue weighted by Gasteiger charge is -2.18. The van der Waals surface area contributed by atoms with Gasteiger partial charge in [-0.25, -0.2) is 4.79 Å². The summed E-state index contributed by atoms with van der Waals surface area (Å²) in [6.45, 7) is 1.67. The van der Waals surface area contributed by atoms with Crippen molar-refractivity contribution in [2.45, 2.75) is 44.7 Å². The molecule has 3 amide bonds. The highest BCUT2D eigenvalue weighted by Gasteiger charge is 2.21. The van der Waals surface area contributed by atoms with Crippen LogP contribution in [0.2, 0.25) is 0 Å². The summed E-state index contributed by atoms with van der Waals surface area (Å²) in [5, 5.41) is 8.20. The SMILES string of the molecule is CC(NC(=O)Nc1cccnc1)C(=O)NC1CCCC1. The molecule has 1 aliphatic carbocycles. The van der Waals surface area contributed by atoms with Crippen molar-refractivity contribution >= 4 is 17.6 Å². The highest BCUT2D eigenvalue weighted by atomic mass is 16.2. The second-order valence-electron chi connectivity index (χ2n) is 5.05. The van der Waals surface area contributed by atoms with E-state index < -0.39 is 12.1 Å². The van der Waals surface area contributed by atoms with Crippen LogP contribution in [0.25, 0.3) is 0 Å². The summed E-state index contributed by atoms with van der Waals surface area (Å²) in [5.74, 6) is -0.141. The summed E-state index contributed by atoms with van der Waals surface area (Å²) in [4.78, 5) is 27.6. The maximum absolute atomic E-state index is 11.9. The molecule has 3 N–H and O–H groups in total. The van der Waals surface area contributed by atoms with Crippen molar-refractivity contribution < 1.29 is 9.59 Å². The Labute approximate surface area is 118 Å². The molecule has 0 aromatic carbocycles. The predicted molar refractivity (Wildman–Crippen MR) is 76.3 cm³/mol. The number of carbonyl (C=O) groups is 2. The van der Waals surface area contributed by atoms with Crippen LogP contribution in [0, 0.1) is 0 Å². The second kappa shape index (κ2) is 6.88. The minimum Gasteiger partial charge on any atom is -0.352 e. The summed E-state index contributed by atoms with van der Waals surface area (Å²) >= 11 is 0. The first-order chi connectivity index (χ1) is 9.65. The lowest BCUT2D eigenvalue weighted by molar-refractivity contribution is -0.123. The summed E-state index contributed by atoms with van der Waals surface area (Å²) in [6.07, 6.45) is 7.55. The van der Waals surface area contributed by atoms with Gasteiger partial charge in [-0.1, -0.05) is 12.8 Å². The molecule has 0 saturated heterocycles. The molecule has 20 heavy (non-hydrogen) atoms. The van der Waals surface area contributed by atoms with E-state index in [-0.39, 0.29) is 11.9 Å². The normalized spacial score (nSPS) is 16.4. The smallest absolute Gasteiger partial charge is 0.319 e. The van der Waals surface area contributed by atoms with E-state index in [0.717, 1.165) is 25.7 Å². The van der Waals surface area contributed by atoms with Crippen LogP contribution in [0.15, 0.2) is 24.5 Å². The molecular formula is C14H20N4O2. The van der Waals surface area contributed by atoms with Gasteiger partial charge in [0.05, 0.1) is 11.9 Å². The van der Waals surface area contributed by atoms with Crippen LogP contribution in [-0.2, 0) is 4.79 Å². The number of amides is 3. The van der Waals surface area contributed by atoms with E-state index in [1.807, 2.05) is 0 Å². The fourth-order valence-electron chi connectivity index (χ4n) is 2.26. The monoisotopic (exact) mass is 276 g/mol. The number of nitrogens with one attached hydrogen (secondary N) is 3. The van der Waals surface area contributed by atoms with Crippen molar-refractivity contribution in [3.8, 4) is 0 Å². The first-order valence-corrected chi connectivity index (χ1v) is 6.93. The van der Waals surface area contributed by atoms with Gasteiger partial charge in [0.25, 0.3) is 0 Å². The van der Waals surface area contributed by atoms with E-state index in [1.54, 1.807) is 31.5 Å². The zero-order valence-electron chi connectivity index (χ0n) is 11.6. The number of anilines is 1. The van der Waals surface area contributed by atoms with Crippen molar-refractivity contribution in [1.29, 1.82) is 0 Å². The van der Waals surface area contributed by atoms with Crippen molar-refractivity contribution in [3.63, 3.8) is 0 Å². The zero-order chi connectivity index (χ0) is 14.4. The first-order valence-electron chi connectivity index (χ1n) is 6.93. The van der Waals surface area contributed by atoms with Gasteiger partial charge in [0.15, 0.2) is 0 Å². The third kappa shape index (κ3) is 4.22. The zero-order valence-corrected chi connectivity index (χ0v) is 11.6. The molecule has 1 heterocycles. The Morgan fingerprint density at radius 2 is 2.10 bits per heavy atom. The van der Waals surface area contributed by atoms with Gasteiger partial charge in [-0.15, -0.1) is 0 Å². The fourth-order valence-corrected chi connectivity index (χ4v) is 2.26. The molecule has 6 nitrogen and oxygen atoms in total. The number of hydrogen-bond donors (Lipinski definition) is 3. The molecule has 0 bridgehead atoms. The molecule has 1 aromatic heterocycles. The van der Waals surface area contributed by atoms with Gasteiger partial charge in [0.2, 0.25) is 5.91 Å². The van der Waals surface area contributed by atoms with E-state index in [9.17, 15) is 9.59 Å². The van der Waals surface area contributed by atoms with Gasteiger partial charge in [-0.3, -0.25) is 9.78 Å². The number of aromatic nitrogens is 1. The van der Waals surface area contributed by atoms with Crippen molar-refractivity contribution in [2.75, 3.05) is 5.32 Å². The van der Waals surface area contributed by atoms with Crippen molar-refractivity contribution in [2.24, 2.45) is 0 Å². The Morgan fingerprint density at radius 1 is 1.35 bits per heavy atom. The van der Waals surface area contributed by atoms with Gasteiger partial charge in [0, 0.05) is 12.2 Å². The Morgan fingerprint density at radius 3 is 2.75 bits per heavy atom. The Kier molecular flexibility index (Phi) is 4.92. The molecule has 2 rings (SSSR count). The van der Waals surface area contributed by atoms with Gasteiger partial charge in [0.1, 0.15) is 6.04 Å². The van der Waals surface area contributed by atoms with Crippen LogP contribution in [0.4, 0.5) is 10.5 Å². The second-order valence-corrected chi connectivity index (χ2v) is 5.05. The molecule has 108 valence electrons. The van der Waals surface area contributed by atoms with E-state index in [1.165, 1.54) is 0 Å². The molecule has 0 spiro atoms. The average molecular weight is 276 g/mol. The molecule has 1 atom stereocenters. The molecule has 1 aliphatic rings. The molecule has 0 radical (unpaired) electrons. The third-order valence-corrected chi connectivity index (χ3v) is 3.36. The van der Waals surface area contributed by atoms with Gasteiger partial charge >= 0.3 is 6.03 Å².